The van der Waals surface area contributed by atoms with Gasteiger partial charge in [-0.25, -0.2) is 5.43 Å². The average molecular weight is 492 g/mol. The first-order valence-electron chi connectivity index (χ1n) is 12.6. The van der Waals surface area contributed by atoms with E-state index in [0.717, 1.165) is 58.6 Å². The van der Waals surface area contributed by atoms with Gasteiger partial charge < -0.3 is 9.73 Å². The topological polar surface area (TPSA) is 83.7 Å². The van der Waals surface area contributed by atoms with E-state index in [2.05, 4.69) is 15.8 Å². The maximum atomic E-state index is 12.8. The molecule has 37 heavy (non-hydrogen) atoms. The van der Waals surface area contributed by atoms with Crippen molar-refractivity contribution < 1.29 is 14.0 Å². The van der Waals surface area contributed by atoms with Gasteiger partial charge in [-0.15, -0.1) is 0 Å². The second-order valence-corrected chi connectivity index (χ2v) is 9.14. The van der Waals surface area contributed by atoms with Gasteiger partial charge in [0, 0.05) is 29.7 Å². The van der Waals surface area contributed by atoms with Gasteiger partial charge in [0.15, 0.2) is 5.76 Å². The number of fused-ring (bicyclic) bond motifs is 1. The molecule has 0 atom stereocenters. The van der Waals surface area contributed by atoms with E-state index >= 15 is 0 Å². The Bertz CT molecular complexity index is 1420. The van der Waals surface area contributed by atoms with Crippen molar-refractivity contribution >= 4 is 17.5 Å². The maximum absolute atomic E-state index is 12.8. The largest absolute Gasteiger partial charge is 0.455 e. The van der Waals surface area contributed by atoms with Crippen molar-refractivity contribution in [2.24, 2.45) is 5.10 Å². The standard InChI is InChI=1S/C31H29N3O3/c1-21-28-26(33-34-30(35)25-17-15-24(16-18-25)23-11-6-3-7-12-23)13-8-14-27(28)37-29(21)31(36)32-20-19-22-9-4-2-5-10-22/h2-7,9-12,15-18H,8,13-14,19-20H2,1H3,(H,32,36)(H,34,35)/b33-26+. The lowest BCUT2D eigenvalue weighted by molar-refractivity contribution is 0.0922. The highest BCUT2D eigenvalue weighted by Crippen LogP contribution is 2.30. The molecule has 0 bridgehead atoms. The van der Waals surface area contributed by atoms with Crippen LogP contribution in [-0.2, 0) is 12.8 Å². The van der Waals surface area contributed by atoms with Gasteiger partial charge in [-0.05, 0) is 55.0 Å². The number of hydrogen-bond donors (Lipinski definition) is 2. The van der Waals surface area contributed by atoms with E-state index in [1.165, 1.54) is 0 Å². The summed E-state index contributed by atoms with van der Waals surface area (Å²) in [6, 6.07) is 27.5. The van der Waals surface area contributed by atoms with Gasteiger partial charge in [0.25, 0.3) is 11.8 Å². The first-order valence-corrected chi connectivity index (χ1v) is 12.6. The zero-order chi connectivity index (χ0) is 25.6. The van der Waals surface area contributed by atoms with Gasteiger partial charge in [0.05, 0.1) is 5.71 Å². The Morgan fingerprint density at radius 3 is 2.24 bits per heavy atom. The third-order valence-electron chi connectivity index (χ3n) is 6.62. The molecule has 1 aliphatic rings. The second-order valence-electron chi connectivity index (χ2n) is 9.14. The highest BCUT2D eigenvalue weighted by atomic mass is 16.4. The Kier molecular flexibility index (Phi) is 7.26. The summed E-state index contributed by atoms with van der Waals surface area (Å²) in [5.74, 6) is 0.552. The van der Waals surface area contributed by atoms with Crippen LogP contribution in [0.5, 0.6) is 0 Å². The summed E-state index contributed by atoms with van der Waals surface area (Å²) >= 11 is 0. The third-order valence-corrected chi connectivity index (χ3v) is 6.62. The SMILES string of the molecule is Cc1c(C(=O)NCCc2ccccc2)oc2c1/C(=N/NC(=O)c1ccc(-c3ccccc3)cc1)CCC2. The number of carbonyl (C=O) groups excluding carboxylic acids is 2. The number of carbonyl (C=O) groups is 2. The number of hydrazone groups is 1. The summed E-state index contributed by atoms with van der Waals surface area (Å²) < 4.78 is 5.97. The van der Waals surface area contributed by atoms with Gasteiger partial charge in [0.1, 0.15) is 5.76 Å². The summed E-state index contributed by atoms with van der Waals surface area (Å²) in [7, 11) is 0. The predicted molar refractivity (Wildman–Crippen MR) is 145 cm³/mol. The second kappa shape index (κ2) is 11.1. The van der Waals surface area contributed by atoms with E-state index in [1.54, 1.807) is 12.1 Å². The van der Waals surface area contributed by atoms with E-state index in [1.807, 2.05) is 79.7 Å². The number of nitrogens with one attached hydrogen (secondary N) is 2. The Morgan fingerprint density at radius 2 is 1.51 bits per heavy atom. The molecular formula is C31H29N3O3. The van der Waals surface area contributed by atoms with E-state index < -0.39 is 0 Å². The molecule has 1 heterocycles. The number of nitrogens with zero attached hydrogens (tertiary/aromatic N) is 1. The van der Waals surface area contributed by atoms with E-state index in [-0.39, 0.29) is 11.8 Å². The smallest absolute Gasteiger partial charge is 0.287 e. The molecule has 3 aromatic carbocycles. The van der Waals surface area contributed by atoms with Crippen LogP contribution in [0.2, 0.25) is 0 Å². The Balaban J connectivity index is 1.26. The molecular weight excluding hydrogens is 462 g/mol. The minimum atomic E-state index is -0.278. The van der Waals surface area contributed by atoms with Gasteiger partial charge in [-0.2, -0.15) is 5.10 Å². The number of hydrogen-bond acceptors (Lipinski definition) is 4. The van der Waals surface area contributed by atoms with Crippen molar-refractivity contribution in [1.29, 1.82) is 0 Å². The minimum Gasteiger partial charge on any atom is -0.455 e. The van der Waals surface area contributed by atoms with Crippen LogP contribution in [0, 0.1) is 6.92 Å². The van der Waals surface area contributed by atoms with Crippen molar-refractivity contribution in [3.05, 3.63) is 119 Å². The molecule has 0 aliphatic heterocycles. The summed E-state index contributed by atoms with van der Waals surface area (Å²) in [6.45, 7) is 2.40. The Morgan fingerprint density at radius 1 is 0.838 bits per heavy atom. The van der Waals surface area contributed by atoms with Crippen molar-refractivity contribution in [2.45, 2.75) is 32.6 Å². The summed E-state index contributed by atoms with van der Waals surface area (Å²) in [5.41, 5.74) is 8.86. The van der Waals surface area contributed by atoms with Gasteiger partial charge in [-0.1, -0.05) is 72.8 Å². The molecule has 4 aromatic rings. The fourth-order valence-corrected chi connectivity index (χ4v) is 4.67. The molecule has 186 valence electrons. The molecule has 0 spiro atoms. The van der Waals surface area contributed by atoms with Crippen LogP contribution in [0.1, 0.15) is 56.2 Å². The molecule has 2 N–H and O–H groups in total. The number of benzene rings is 3. The minimum absolute atomic E-state index is 0.232. The number of amides is 2. The van der Waals surface area contributed by atoms with Crippen LogP contribution < -0.4 is 10.7 Å². The summed E-state index contributed by atoms with van der Waals surface area (Å²) in [5, 5.41) is 7.40. The molecule has 1 aromatic heterocycles. The van der Waals surface area contributed by atoms with E-state index in [0.29, 0.717) is 24.3 Å². The number of aryl methyl sites for hydroxylation is 1. The lowest BCUT2D eigenvalue weighted by Gasteiger charge is -2.13. The number of rotatable bonds is 7. The quantitative estimate of drug-likeness (QED) is 0.325. The fourth-order valence-electron chi connectivity index (χ4n) is 4.67. The van der Waals surface area contributed by atoms with Crippen LogP contribution in [-0.4, -0.2) is 24.1 Å². The molecule has 0 saturated carbocycles. The molecule has 0 radical (unpaired) electrons. The summed E-state index contributed by atoms with van der Waals surface area (Å²) in [4.78, 5) is 25.6. The monoisotopic (exact) mass is 491 g/mol. The normalized spacial score (nSPS) is 13.7. The van der Waals surface area contributed by atoms with Crippen LogP contribution in [0.4, 0.5) is 0 Å². The van der Waals surface area contributed by atoms with Crippen LogP contribution in [0.3, 0.4) is 0 Å². The van der Waals surface area contributed by atoms with Crippen LogP contribution >= 0.6 is 0 Å². The molecule has 0 saturated heterocycles. The highest BCUT2D eigenvalue weighted by Gasteiger charge is 2.28. The highest BCUT2D eigenvalue weighted by molar-refractivity contribution is 6.07. The summed E-state index contributed by atoms with van der Waals surface area (Å²) in [6.07, 6.45) is 3.03. The zero-order valence-corrected chi connectivity index (χ0v) is 20.8. The third kappa shape index (κ3) is 5.54. The maximum Gasteiger partial charge on any atom is 0.287 e. The zero-order valence-electron chi connectivity index (χ0n) is 20.8. The predicted octanol–water partition coefficient (Wildman–Crippen LogP) is 5.70. The van der Waals surface area contributed by atoms with Crippen molar-refractivity contribution in [3.63, 3.8) is 0 Å². The van der Waals surface area contributed by atoms with Gasteiger partial charge in [0.2, 0.25) is 0 Å². The van der Waals surface area contributed by atoms with Crippen molar-refractivity contribution in [3.8, 4) is 11.1 Å². The van der Waals surface area contributed by atoms with Gasteiger partial charge >= 0.3 is 0 Å². The lowest BCUT2D eigenvalue weighted by atomic mass is 9.93. The molecule has 5 rings (SSSR count). The molecule has 6 heteroatoms. The first-order chi connectivity index (χ1) is 18.1. The molecule has 1 aliphatic carbocycles. The Hall–Kier alpha value is -4.45. The average Bonchev–Trinajstić information content (AvgIpc) is 3.30. The van der Waals surface area contributed by atoms with E-state index in [9.17, 15) is 9.59 Å². The molecule has 0 unspecified atom stereocenters. The van der Waals surface area contributed by atoms with Crippen molar-refractivity contribution in [2.75, 3.05) is 6.54 Å². The van der Waals surface area contributed by atoms with Crippen LogP contribution in [0.15, 0.2) is 94.4 Å². The van der Waals surface area contributed by atoms with Gasteiger partial charge in [-0.3, -0.25) is 9.59 Å². The van der Waals surface area contributed by atoms with Crippen LogP contribution in [0.25, 0.3) is 11.1 Å². The van der Waals surface area contributed by atoms with E-state index in [4.69, 9.17) is 4.42 Å². The lowest BCUT2D eigenvalue weighted by Crippen LogP contribution is -2.26. The van der Waals surface area contributed by atoms with Crippen molar-refractivity contribution in [1.82, 2.24) is 10.7 Å². The first kappa shape index (κ1) is 24.3. The number of furan rings is 1. The molecule has 6 nitrogen and oxygen atoms in total. The molecule has 0 fully saturated rings. The fraction of sp³-hybridized carbons (Fsp3) is 0.194. The molecule has 2 amide bonds. The Labute approximate surface area is 216 Å².